The maximum absolute atomic E-state index is 4.57. The zero-order valence-electron chi connectivity index (χ0n) is 19.1. The lowest BCUT2D eigenvalue weighted by Gasteiger charge is -2.39. The predicted octanol–water partition coefficient (Wildman–Crippen LogP) is 3.40. The summed E-state index contributed by atoms with van der Waals surface area (Å²) in [5.74, 6) is 2.77. The number of piperidine rings is 1. The Morgan fingerprint density at radius 1 is 1.26 bits per heavy atom. The van der Waals surface area contributed by atoms with Crippen LogP contribution in [-0.2, 0) is 6.42 Å². The maximum Gasteiger partial charge on any atom is 0.193 e. The summed E-state index contributed by atoms with van der Waals surface area (Å²) in [4.78, 5) is 11.2. The van der Waals surface area contributed by atoms with Crippen LogP contribution < -0.4 is 5.32 Å². The van der Waals surface area contributed by atoms with Crippen molar-refractivity contribution in [3.8, 4) is 0 Å². The van der Waals surface area contributed by atoms with Crippen LogP contribution in [0.15, 0.2) is 28.9 Å². The van der Waals surface area contributed by atoms with Crippen LogP contribution in [0.2, 0.25) is 0 Å². The van der Waals surface area contributed by atoms with Crippen molar-refractivity contribution in [2.45, 2.75) is 69.1 Å². The molecule has 1 N–H and O–H groups in total. The van der Waals surface area contributed by atoms with Gasteiger partial charge in [-0.25, -0.2) is 4.98 Å². The summed E-state index contributed by atoms with van der Waals surface area (Å²) in [6.07, 6.45) is 16.3. The molecule has 2 aromatic heterocycles. The number of aromatic nitrogens is 5. The van der Waals surface area contributed by atoms with Gasteiger partial charge >= 0.3 is 0 Å². The lowest BCUT2D eigenvalue weighted by molar-refractivity contribution is 0.189. The first-order valence-electron chi connectivity index (χ1n) is 11.6. The molecule has 0 spiro atoms. The second-order valence-corrected chi connectivity index (χ2v) is 9.55. The number of likely N-dealkylation sites (tertiary alicyclic amines) is 1. The van der Waals surface area contributed by atoms with Gasteiger partial charge in [0.15, 0.2) is 11.1 Å². The Morgan fingerprint density at radius 3 is 2.81 bits per heavy atom. The SMILES string of the molecule is CN=C(NCCCc1nnc(SC)n1C1CCCC1)N1CCC(C)C(n2ccnc2)C1. The zero-order valence-corrected chi connectivity index (χ0v) is 19.9. The van der Waals surface area contributed by atoms with Crippen molar-refractivity contribution in [1.82, 2.24) is 34.5 Å². The van der Waals surface area contributed by atoms with Gasteiger partial charge in [0, 0.05) is 51.5 Å². The molecule has 2 fully saturated rings. The molecule has 1 aliphatic carbocycles. The number of aryl methyl sites for hydroxylation is 1. The van der Waals surface area contributed by atoms with Crippen molar-refractivity contribution in [2.24, 2.45) is 10.9 Å². The van der Waals surface area contributed by atoms with Crippen LogP contribution in [0.4, 0.5) is 0 Å². The van der Waals surface area contributed by atoms with Crippen molar-refractivity contribution in [2.75, 3.05) is 32.9 Å². The van der Waals surface area contributed by atoms with Gasteiger partial charge in [0.1, 0.15) is 5.82 Å². The Balaban J connectivity index is 1.31. The summed E-state index contributed by atoms with van der Waals surface area (Å²) < 4.78 is 4.65. The summed E-state index contributed by atoms with van der Waals surface area (Å²) in [5, 5.41) is 13.6. The highest BCUT2D eigenvalue weighted by Crippen LogP contribution is 2.33. The first kappa shape index (κ1) is 22.2. The Bertz CT molecular complexity index is 840. The standard InChI is InChI=1S/C22H36N8S/c1-17-10-13-28(15-19(17)29-14-12-24-16-29)21(23-2)25-11-6-9-20-26-27-22(31-3)30(20)18-7-4-5-8-18/h12,14,16-19H,4-11,13,15H2,1-3H3,(H,23,25). The van der Waals surface area contributed by atoms with Crippen molar-refractivity contribution in [1.29, 1.82) is 0 Å². The molecule has 0 aromatic carbocycles. The molecule has 8 nitrogen and oxygen atoms in total. The fraction of sp³-hybridized carbons (Fsp3) is 0.727. The lowest BCUT2D eigenvalue weighted by Crippen LogP contribution is -2.49. The van der Waals surface area contributed by atoms with Gasteiger partial charge in [-0.15, -0.1) is 10.2 Å². The summed E-state index contributed by atoms with van der Waals surface area (Å²) >= 11 is 1.71. The molecular formula is C22H36N8S. The van der Waals surface area contributed by atoms with Gasteiger partial charge in [0.05, 0.1) is 12.4 Å². The van der Waals surface area contributed by atoms with E-state index < -0.39 is 0 Å². The average Bonchev–Trinajstić information content (AvgIpc) is 3.55. The van der Waals surface area contributed by atoms with E-state index in [0.29, 0.717) is 18.0 Å². The molecule has 9 heteroatoms. The zero-order chi connectivity index (χ0) is 21.6. The third kappa shape index (κ3) is 5.07. The van der Waals surface area contributed by atoms with Crippen molar-refractivity contribution in [3.63, 3.8) is 0 Å². The third-order valence-electron chi connectivity index (χ3n) is 6.81. The van der Waals surface area contributed by atoms with Gasteiger partial charge < -0.3 is 19.4 Å². The molecule has 2 aliphatic rings. The number of rotatable bonds is 7. The van der Waals surface area contributed by atoms with Gasteiger partial charge in [0.2, 0.25) is 0 Å². The topological polar surface area (TPSA) is 76.2 Å². The van der Waals surface area contributed by atoms with Crippen molar-refractivity contribution in [3.05, 3.63) is 24.5 Å². The highest BCUT2D eigenvalue weighted by Gasteiger charge is 2.29. The second-order valence-electron chi connectivity index (χ2n) is 8.78. The number of nitrogens with one attached hydrogen (secondary N) is 1. The third-order valence-corrected chi connectivity index (χ3v) is 7.45. The van der Waals surface area contributed by atoms with Crippen LogP contribution in [0.3, 0.4) is 0 Å². The van der Waals surface area contributed by atoms with E-state index in [4.69, 9.17) is 0 Å². The largest absolute Gasteiger partial charge is 0.356 e. The summed E-state index contributed by atoms with van der Waals surface area (Å²) in [7, 11) is 1.88. The minimum absolute atomic E-state index is 0.435. The van der Waals surface area contributed by atoms with E-state index in [9.17, 15) is 0 Å². The van der Waals surface area contributed by atoms with Gasteiger partial charge in [0.25, 0.3) is 0 Å². The molecule has 1 saturated carbocycles. The van der Waals surface area contributed by atoms with E-state index >= 15 is 0 Å². The molecule has 0 radical (unpaired) electrons. The summed E-state index contributed by atoms with van der Waals surface area (Å²) in [6, 6.07) is 1.02. The average molecular weight is 445 g/mol. The number of thioether (sulfide) groups is 1. The smallest absolute Gasteiger partial charge is 0.193 e. The van der Waals surface area contributed by atoms with Crippen LogP contribution in [-0.4, -0.2) is 68.1 Å². The van der Waals surface area contributed by atoms with Crippen LogP contribution >= 0.6 is 11.8 Å². The maximum atomic E-state index is 4.57. The Hall–Kier alpha value is -2.03. The molecule has 1 aliphatic heterocycles. The fourth-order valence-electron chi connectivity index (χ4n) is 5.02. The van der Waals surface area contributed by atoms with Gasteiger partial charge in [-0.1, -0.05) is 31.5 Å². The number of hydrogen-bond acceptors (Lipinski definition) is 5. The highest BCUT2D eigenvalue weighted by atomic mass is 32.2. The minimum atomic E-state index is 0.435. The minimum Gasteiger partial charge on any atom is -0.356 e. The molecule has 2 aromatic rings. The highest BCUT2D eigenvalue weighted by molar-refractivity contribution is 7.98. The lowest BCUT2D eigenvalue weighted by atomic mass is 9.93. The molecule has 2 atom stereocenters. The molecule has 4 rings (SSSR count). The van der Waals surface area contributed by atoms with E-state index in [1.54, 1.807) is 11.8 Å². The molecule has 2 unspecified atom stereocenters. The van der Waals surface area contributed by atoms with Crippen LogP contribution in [0, 0.1) is 5.92 Å². The normalized spacial score (nSPS) is 22.9. The Morgan fingerprint density at radius 2 is 2.10 bits per heavy atom. The predicted molar refractivity (Wildman–Crippen MR) is 126 cm³/mol. The summed E-state index contributed by atoms with van der Waals surface area (Å²) in [6.45, 7) is 5.23. The second kappa shape index (κ2) is 10.5. The summed E-state index contributed by atoms with van der Waals surface area (Å²) in [5.41, 5.74) is 0. The van der Waals surface area contributed by atoms with Crippen LogP contribution in [0.5, 0.6) is 0 Å². The van der Waals surface area contributed by atoms with Crippen molar-refractivity contribution < 1.29 is 0 Å². The molecule has 31 heavy (non-hydrogen) atoms. The van der Waals surface area contributed by atoms with Crippen LogP contribution in [0.1, 0.15) is 63.4 Å². The fourth-order valence-corrected chi connectivity index (χ4v) is 5.59. The molecule has 3 heterocycles. The van der Waals surface area contributed by atoms with E-state index in [-0.39, 0.29) is 0 Å². The first-order valence-corrected chi connectivity index (χ1v) is 12.8. The number of aliphatic imine (C=N–C) groups is 1. The Labute approximate surface area is 189 Å². The number of imidazole rings is 1. The monoisotopic (exact) mass is 444 g/mol. The van der Waals surface area contributed by atoms with E-state index in [1.807, 2.05) is 19.6 Å². The first-order chi connectivity index (χ1) is 15.2. The Kier molecular flexibility index (Phi) is 7.53. The van der Waals surface area contributed by atoms with Gasteiger partial charge in [-0.3, -0.25) is 4.99 Å². The molecule has 1 saturated heterocycles. The van der Waals surface area contributed by atoms with Crippen LogP contribution in [0.25, 0.3) is 0 Å². The number of guanidine groups is 1. The molecular weight excluding hydrogens is 408 g/mol. The van der Waals surface area contributed by atoms with Gasteiger partial charge in [-0.2, -0.15) is 0 Å². The van der Waals surface area contributed by atoms with Crippen molar-refractivity contribution >= 4 is 17.7 Å². The van der Waals surface area contributed by atoms with E-state index in [1.165, 1.54) is 25.7 Å². The molecule has 0 amide bonds. The number of hydrogen-bond donors (Lipinski definition) is 1. The van der Waals surface area contributed by atoms with E-state index in [2.05, 4.69) is 58.9 Å². The molecule has 170 valence electrons. The van der Waals surface area contributed by atoms with Gasteiger partial charge in [-0.05, 0) is 37.9 Å². The van der Waals surface area contributed by atoms with E-state index in [0.717, 1.165) is 55.8 Å². The number of nitrogens with zero attached hydrogens (tertiary/aromatic N) is 7. The molecule has 0 bridgehead atoms. The quantitative estimate of drug-likeness (QED) is 0.305.